The van der Waals surface area contributed by atoms with E-state index >= 15 is 0 Å². The van der Waals surface area contributed by atoms with E-state index in [0.29, 0.717) is 12.4 Å². The molecule has 0 aromatic heterocycles. The number of nitrogens with one attached hydrogen (secondary N) is 2. The predicted molar refractivity (Wildman–Crippen MR) is 74.1 cm³/mol. The van der Waals surface area contributed by atoms with E-state index in [9.17, 15) is 4.79 Å². The second-order valence-corrected chi connectivity index (χ2v) is 4.20. The summed E-state index contributed by atoms with van der Waals surface area (Å²) in [6.07, 6.45) is 0.201. The van der Waals surface area contributed by atoms with E-state index in [-0.39, 0.29) is 17.4 Å². The second-order valence-electron chi connectivity index (χ2n) is 3.76. The van der Waals surface area contributed by atoms with Crippen molar-refractivity contribution in [2.75, 3.05) is 6.61 Å². The summed E-state index contributed by atoms with van der Waals surface area (Å²) in [5, 5.41) is 0.0256. The third-order valence-electron chi connectivity index (χ3n) is 2.19. The van der Waals surface area contributed by atoms with Gasteiger partial charge in [-0.25, -0.2) is 0 Å². The topological polar surface area (TPSA) is 76.4 Å². The lowest BCUT2D eigenvalue weighted by molar-refractivity contribution is -0.121. The Kier molecular flexibility index (Phi) is 5.38. The van der Waals surface area contributed by atoms with E-state index in [1.807, 2.05) is 32.0 Å². The van der Waals surface area contributed by atoms with Crippen molar-refractivity contribution in [2.45, 2.75) is 20.3 Å². The molecule has 0 aliphatic rings. The van der Waals surface area contributed by atoms with Crippen LogP contribution in [0.5, 0.6) is 5.75 Å². The molecule has 0 bridgehead atoms. The Bertz CT molecular complexity index is 449. The van der Waals surface area contributed by atoms with Crippen molar-refractivity contribution in [2.24, 2.45) is 5.73 Å². The third-order valence-corrected chi connectivity index (χ3v) is 2.29. The van der Waals surface area contributed by atoms with E-state index in [4.69, 9.17) is 10.5 Å². The number of benzene rings is 1. The normalized spacial score (nSPS) is 9.67. The van der Waals surface area contributed by atoms with Crippen molar-refractivity contribution in [3.05, 3.63) is 29.3 Å². The van der Waals surface area contributed by atoms with Gasteiger partial charge in [0.2, 0.25) is 5.91 Å². The Morgan fingerprint density at radius 2 is 2.17 bits per heavy atom. The molecule has 0 fully saturated rings. The van der Waals surface area contributed by atoms with Crippen LogP contribution in [-0.4, -0.2) is 17.6 Å². The molecular formula is C12H17N3O2S. The monoisotopic (exact) mass is 267 g/mol. The fraction of sp³-hybridized carbons (Fsp3) is 0.333. The zero-order valence-electron chi connectivity index (χ0n) is 10.4. The molecule has 0 radical (unpaired) electrons. The Balaban J connectivity index is 2.72. The van der Waals surface area contributed by atoms with Crippen molar-refractivity contribution < 1.29 is 9.53 Å². The van der Waals surface area contributed by atoms with Crippen LogP contribution in [0.1, 0.15) is 18.1 Å². The fourth-order valence-corrected chi connectivity index (χ4v) is 1.54. The molecule has 0 unspecified atom stereocenters. The number of rotatable bonds is 4. The number of hydrazine groups is 1. The van der Waals surface area contributed by atoms with Crippen molar-refractivity contribution in [3.63, 3.8) is 0 Å². The van der Waals surface area contributed by atoms with Crippen LogP contribution in [0.3, 0.4) is 0 Å². The minimum atomic E-state index is -0.227. The molecule has 0 saturated heterocycles. The van der Waals surface area contributed by atoms with E-state index in [1.54, 1.807) is 0 Å². The molecule has 1 aromatic rings. The van der Waals surface area contributed by atoms with Gasteiger partial charge >= 0.3 is 0 Å². The molecule has 5 nitrogen and oxygen atoms in total. The zero-order chi connectivity index (χ0) is 13.5. The summed E-state index contributed by atoms with van der Waals surface area (Å²) < 4.78 is 5.47. The first kappa shape index (κ1) is 14.2. The van der Waals surface area contributed by atoms with Crippen LogP contribution in [0.4, 0.5) is 0 Å². The Labute approximate surface area is 112 Å². The zero-order valence-corrected chi connectivity index (χ0v) is 11.3. The van der Waals surface area contributed by atoms with E-state index < -0.39 is 0 Å². The Morgan fingerprint density at radius 3 is 2.78 bits per heavy atom. The largest absolute Gasteiger partial charge is 0.494 e. The average Bonchev–Trinajstić information content (AvgIpc) is 2.30. The minimum Gasteiger partial charge on any atom is -0.494 e. The maximum absolute atomic E-state index is 11.6. The molecule has 0 aliphatic heterocycles. The lowest BCUT2D eigenvalue weighted by Crippen LogP contribution is -2.44. The summed E-state index contributed by atoms with van der Waals surface area (Å²) in [7, 11) is 0. The van der Waals surface area contributed by atoms with Crippen LogP contribution < -0.4 is 21.3 Å². The number of hydrogen-bond acceptors (Lipinski definition) is 3. The number of ether oxygens (including phenoxy) is 1. The molecule has 98 valence electrons. The number of amides is 1. The number of carbonyl (C=O) groups excluding carboxylic acids is 1. The van der Waals surface area contributed by atoms with Crippen LogP contribution in [0.2, 0.25) is 0 Å². The van der Waals surface area contributed by atoms with Gasteiger partial charge in [-0.2, -0.15) is 0 Å². The first-order valence-electron chi connectivity index (χ1n) is 5.59. The molecule has 4 N–H and O–H groups in total. The Hall–Kier alpha value is -1.82. The van der Waals surface area contributed by atoms with Gasteiger partial charge in [0.05, 0.1) is 13.0 Å². The molecule has 0 saturated carbocycles. The second kappa shape index (κ2) is 6.80. The average molecular weight is 267 g/mol. The standard InChI is InChI=1S/C12H17N3O2S/c1-3-17-10-5-4-8(2)6-9(10)7-11(16)14-15-12(13)18/h4-6H,3,7H2,1-2H3,(H,14,16)(H3,13,15,18). The summed E-state index contributed by atoms with van der Waals surface area (Å²) in [6.45, 7) is 4.42. The number of aryl methyl sites for hydroxylation is 1. The van der Waals surface area contributed by atoms with Gasteiger partial charge in [-0.15, -0.1) is 0 Å². The highest BCUT2D eigenvalue weighted by atomic mass is 32.1. The molecule has 18 heavy (non-hydrogen) atoms. The van der Waals surface area contributed by atoms with Crippen molar-refractivity contribution in [1.82, 2.24) is 10.9 Å². The summed E-state index contributed by atoms with van der Waals surface area (Å²) in [5.41, 5.74) is 11.9. The summed E-state index contributed by atoms with van der Waals surface area (Å²) in [5.74, 6) is 0.489. The molecular weight excluding hydrogens is 250 g/mol. The molecule has 0 atom stereocenters. The first-order valence-corrected chi connectivity index (χ1v) is 6.00. The molecule has 1 rings (SSSR count). The first-order chi connectivity index (χ1) is 8.52. The van der Waals surface area contributed by atoms with Gasteiger partial charge in [0.15, 0.2) is 5.11 Å². The number of thiocarbonyl (C=S) groups is 1. The number of nitrogens with two attached hydrogens (primary N) is 1. The van der Waals surface area contributed by atoms with E-state index in [0.717, 1.165) is 11.1 Å². The maximum atomic E-state index is 11.6. The number of carbonyl (C=O) groups is 1. The molecule has 1 aromatic carbocycles. The van der Waals surface area contributed by atoms with Gasteiger partial charge in [0.1, 0.15) is 5.75 Å². The van der Waals surface area contributed by atoms with E-state index in [2.05, 4.69) is 23.1 Å². The molecule has 0 aliphatic carbocycles. The lowest BCUT2D eigenvalue weighted by atomic mass is 10.1. The van der Waals surface area contributed by atoms with Gasteiger partial charge in [0.25, 0.3) is 0 Å². The van der Waals surface area contributed by atoms with Gasteiger partial charge in [0, 0.05) is 5.56 Å². The van der Waals surface area contributed by atoms with Gasteiger partial charge in [-0.1, -0.05) is 17.7 Å². The van der Waals surface area contributed by atoms with Crippen molar-refractivity contribution in [3.8, 4) is 5.75 Å². The Morgan fingerprint density at radius 1 is 1.44 bits per heavy atom. The SMILES string of the molecule is CCOc1ccc(C)cc1CC(=O)NNC(N)=S. The van der Waals surface area contributed by atoms with Crippen LogP contribution >= 0.6 is 12.2 Å². The highest BCUT2D eigenvalue weighted by molar-refractivity contribution is 7.80. The lowest BCUT2D eigenvalue weighted by Gasteiger charge is -2.11. The maximum Gasteiger partial charge on any atom is 0.242 e. The predicted octanol–water partition coefficient (Wildman–Crippen LogP) is 0.801. The van der Waals surface area contributed by atoms with Gasteiger partial charge in [-0.3, -0.25) is 15.6 Å². The highest BCUT2D eigenvalue weighted by Crippen LogP contribution is 2.20. The van der Waals surface area contributed by atoms with Gasteiger partial charge < -0.3 is 10.5 Å². The minimum absolute atomic E-state index is 0.0256. The molecule has 1 amide bonds. The quantitative estimate of drug-likeness (QED) is 0.556. The summed E-state index contributed by atoms with van der Waals surface area (Å²) in [4.78, 5) is 11.6. The fourth-order valence-electron chi connectivity index (χ4n) is 1.49. The smallest absolute Gasteiger partial charge is 0.242 e. The van der Waals surface area contributed by atoms with Crippen molar-refractivity contribution in [1.29, 1.82) is 0 Å². The summed E-state index contributed by atoms with van der Waals surface area (Å²) >= 11 is 4.59. The van der Waals surface area contributed by atoms with Gasteiger partial charge in [-0.05, 0) is 32.1 Å². The van der Waals surface area contributed by atoms with Crippen LogP contribution in [0.25, 0.3) is 0 Å². The van der Waals surface area contributed by atoms with Crippen LogP contribution in [-0.2, 0) is 11.2 Å². The van der Waals surface area contributed by atoms with Crippen LogP contribution in [0, 0.1) is 6.92 Å². The summed E-state index contributed by atoms with van der Waals surface area (Å²) in [6, 6.07) is 5.73. The molecule has 6 heteroatoms. The third kappa shape index (κ3) is 4.58. The van der Waals surface area contributed by atoms with Crippen LogP contribution in [0.15, 0.2) is 18.2 Å². The van der Waals surface area contributed by atoms with Crippen molar-refractivity contribution >= 4 is 23.2 Å². The molecule has 0 spiro atoms. The molecule has 0 heterocycles. The van der Waals surface area contributed by atoms with E-state index in [1.165, 1.54) is 0 Å². The number of hydrogen-bond donors (Lipinski definition) is 3. The highest BCUT2D eigenvalue weighted by Gasteiger charge is 2.09.